The Morgan fingerprint density at radius 1 is 0.558 bits per heavy atom. The molecule has 1 N–H and O–H groups in total. The highest BCUT2D eigenvalue weighted by Crippen LogP contribution is 2.33. The van der Waals surface area contributed by atoms with Crippen molar-refractivity contribution in [2.75, 3.05) is 6.61 Å². The molecule has 7 atom stereocenters. The second kappa shape index (κ2) is 19.8. The van der Waals surface area contributed by atoms with E-state index in [-0.39, 0.29) is 12.6 Å². The molecule has 1 saturated heterocycles. The normalized spacial score (nSPS) is 21.2. The molecule has 52 heavy (non-hydrogen) atoms. The smallest absolute Gasteiger partial charge is 0.115 e. The average molecular weight is 697 g/mol. The summed E-state index contributed by atoms with van der Waals surface area (Å²) >= 11 is 0. The van der Waals surface area contributed by atoms with Gasteiger partial charge in [0.25, 0.3) is 0 Å². The molecule has 0 bridgehead atoms. The van der Waals surface area contributed by atoms with Crippen molar-refractivity contribution in [1.29, 1.82) is 5.26 Å². The van der Waals surface area contributed by atoms with Crippen molar-refractivity contribution >= 4 is 0 Å². The van der Waals surface area contributed by atoms with Gasteiger partial charge in [-0.15, -0.1) is 0 Å². The quantitative estimate of drug-likeness (QED) is 0.0986. The van der Waals surface area contributed by atoms with E-state index in [2.05, 4.69) is 42.6 Å². The number of nitrogens with one attached hydrogen (secondary N) is 1. The molecule has 7 nitrogen and oxygen atoms in total. The van der Waals surface area contributed by atoms with Crippen LogP contribution in [0, 0.1) is 11.3 Å². The van der Waals surface area contributed by atoms with Gasteiger partial charge in [-0.1, -0.05) is 152 Å². The van der Waals surface area contributed by atoms with Crippen LogP contribution in [0.25, 0.3) is 0 Å². The predicted octanol–water partition coefficient (Wildman–Crippen LogP) is 8.36. The molecule has 0 aliphatic carbocycles. The maximum absolute atomic E-state index is 10.5. The van der Waals surface area contributed by atoms with Crippen LogP contribution in [0.15, 0.2) is 152 Å². The molecule has 1 fully saturated rings. The van der Waals surface area contributed by atoms with Gasteiger partial charge < -0.3 is 23.7 Å². The van der Waals surface area contributed by atoms with Gasteiger partial charge in [0.15, 0.2) is 0 Å². The summed E-state index contributed by atoms with van der Waals surface area (Å²) < 4.78 is 33.8. The number of benzene rings is 5. The highest BCUT2D eigenvalue weighted by Gasteiger charge is 2.49. The molecule has 0 aromatic heterocycles. The average Bonchev–Trinajstić information content (AvgIpc) is 3.20. The van der Waals surface area contributed by atoms with Crippen LogP contribution in [-0.4, -0.2) is 43.2 Å². The van der Waals surface area contributed by atoms with Crippen LogP contribution < -0.4 is 5.32 Å². The third-order valence-corrected chi connectivity index (χ3v) is 9.35. The highest BCUT2D eigenvalue weighted by molar-refractivity contribution is 5.20. The predicted molar refractivity (Wildman–Crippen MR) is 202 cm³/mol. The maximum atomic E-state index is 10.5. The molecule has 7 heteroatoms. The Labute approximate surface area is 308 Å². The van der Waals surface area contributed by atoms with Gasteiger partial charge in [-0.2, -0.15) is 5.26 Å². The van der Waals surface area contributed by atoms with E-state index in [4.69, 9.17) is 23.7 Å². The molecule has 5 unspecified atom stereocenters. The number of rotatable bonds is 18. The summed E-state index contributed by atoms with van der Waals surface area (Å²) in [6.45, 7) is 3.84. The van der Waals surface area contributed by atoms with Gasteiger partial charge in [-0.3, -0.25) is 5.32 Å². The van der Waals surface area contributed by atoms with Crippen molar-refractivity contribution in [1.82, 2.24) is 5.32 Å². The summed E-state index contributed by atoms with van der Waals surface area (Å²) in [5, 5.41) is 14.0. The van der Waals surface area contributed by atoms with Gasteiger partial charge in [0.1, 0.15) is 24.4 Å². The fourth-order valence-electron chi connectivity index (χ4n) is 6.60. The topological polar surface area (TPSA) is 82.0 Å². The number of nitriles is 1. The first-order valence-electron chi connectivity index (χ1n) is 18.1. The summed E-state index contributed by atoms with van der Waals surface area (Å²) in [5.74, 6) is 0. The monoisotopic (exact) mass is 696 g/mol. The van der Waals surface area contributed by atoms with Gasteiger partial charge in [-0.25, -0.2) is 0 Å². The molecule has 0 amide bonds. The Balaban J connectivity index is 1.31. The molecule has 1 aliphatic heterocycles. The molecule has 6 rings (SSSR count). The summed E-state index contributed by atoms with van der Waals surface area (Å²) in [5.41, 5.74) is 5.29. The Hall–Kier alpha value is -4.65. The molecule has 1 aliphatic rings. The van der Waals surface area contributed by atoms with E-state index < -0.39 is 36.6 Å². The lowest BCUT2D eigenvalue weighted by atomic mass is 9.90. The zero-order valence-electron chi connectivity index (χ0n) is 29.7. The molecule has 268 valence electrons. The molecular weight excluding hydrogens is 649 g/mol. The summed E-state index contributed by atoms with van der Waals surface area (Å²) in [6, 6.07) is 52.5. The number of hydrogen-bond donors (Lipinski definition) is 1. The maximum Gasteiger partial charge on any atom is 0.115 e. The lowest BCUT2D eigenvalue weighted by Gasteiger charge is -2.47. The minimum atomic E-state index is -0.556. The van der Waals surface area contributed by atoms with Crippen LogP contribution >= 0.6 is 0 Å². The Morgan fingerprint density at radius 2 is 0.962 bits per heavy atom. The third-order valence-electron chi connectivity index (χ3n) is 9.35. The van der Waals surface area contributed by atoms with E-state index in [0.717, 1.165) is 27.8 Å². The summed E-state index contributed by atoms with van der Waals surface area (Å²) in [4.78, 5) is 0. The first-order chi connectivity index (χ1) is 25.7. The van der Waals surface area contributed by atoms with E-state index in [1.54, 1.807) is 0 Å². The number of nitrogens with zero attached hydrogens (tertiary/aromatic N) is 1. The van der Waals surface area contributed by atoms with Gasteiger partial charge in [0.05, 0.1) is 51.2 Å². The van der Waals surface area contributed by atoms with Crippen LogP contribution in [0.5, 0.6) is 0 Å². The van der Waals surface area contributed by atoms with Crippen molar-refractivity contribution in [3.63, 3.8) is 0 Å². The van der Waals surface area contributed by atoms with Crippen molar-refractivity contribution in [2.45, 2.75) is 82.4 Å². The first-order valence-corrected chi connectivity index (χ1v) is 18.1. The SMILES string of the molecule is C[C@H](N[C@@H](C#N)CC1OC(COCc2ccccc2)C(OCc2ccccc2)C(OCc2ccccc2)C1OCc1ccccc1)c1ccccc1. The lowest BCUT2D eigenvalue weighted by Crippen LogP contribution is -2.62. The van der Waals surface area contributed by atoms with Crippen molar-refractivity contribution in [3.05, 3.63) is 179 Å². The number of hydrogen-bond acceptors (Lipinski definition) is 7. The molecular formula is C45H48N2O5. The molecule has 0 saturated carbocycles. The molecule has 5 aromatic rings. The van der Waals surface area contributed by atoms with Crippen molar-refractivity contribution in [3.8, 4) is 6.07 Å². The minimum Gasteiger partial charge on any atom is -0.374 e. The molecule has 1 heterocycles. The van der Waals surface area contributed by atoms with Crippen LogP contribution in [0.4, 0.5) is 0 Å². The highest BCUT2D eigenvalue weighted by atomic mass is 16.6. The van der Waals surface area contributed by atoms with E-state index in [0.29, 0.717) is 32.8 Å². The van der Waals surface area contributed by atoms with Crippen LogP contribution in [0.1, 0.15) is 47.2 Å². The molecule has 0 radical (unpaired) electrons. The lowest BCUT2D eigenvalue weighted by molar-refractivity contribution is -0.274. The van der Waals surface area contributed by atoms with E-state index >= 15 is 0 Å². The summed E-state index contributed by atoms with van der Waals surface area (Å²) in [6.07, 6.45) is -2.26. The minimum absolute atomic E-state index is 0.0461. The second-order valence-corrected chi connectivity index (χ2v) is 13.2. The first kappa shape index (κ1) is 37.1. The Kier molecular flexibility index (Phi) is 14.1. The van der Waals surface area contributed by atoms with Crippen molar-refractivity contribution < 1.29 is 23.7 Å². The second-order valence-electron chi connectivity index (χ2n) is 13.2. The third kappa shape index (κ3) is 10.9. The van der Waals surface area contributed by atoms with Crippen molar-refractivity contribution in [2.24, 2.45) is 0 Å². The van der Waals surface area contributed by atoms with E-state index in [1.165, 1.54) is 0 Å². The fourth-order valence-corrected chi connectivity index (χ4v) is 6.60. The Bertz CT molecular complexity index is 1760. The van der Waals surface area contributed by atoms with Gasteiger partial charge in [0, 0.05) is 12.5 Å². The Morgan fingerprint density at radius 3 is 1.42 bits per heavy atom. The van der Waals surface area contributed by atoms with E-state index in [9.17, 15) is 5.26 Å². The fraction of sp³-hybridized carbons (Fsp3) is 0.311. The zero-order chi connectivity index (χ0) is 35.8. The molecule has 5 aromatic carbocycles. The summed E-state index contributed by atoms with van der Waals surface area (Å²) in [7, 11) is 0. The largest absolute Gasteiger partial charge is 0.374 e. The van der Waals surface area contributed by atoms with E-state index in [1.807, 2.05) is 127 Å². The van der Waals surface area contributed by atoms with Gasteiger partial charge in [-0.05, 0) is 34.7 Å². The standard InChI is InChI=1S/C45H48N2O5/c1-34(39-25-15-6-16-26-39)47-40(28-46)27-41-43(49-30-36-19-9-3-10-20-36)45(51-32-38-23-13-5-14-24-38)44(50-31-37-21-11-4-12-22-37)42(52-41)33-48-29-35-17-7-2-8-18-35/h2-26,34,40-45,47H,27,29-33H2,1H3/t34-,40+,41?,42?,43?,44?,45?/m0/s1. The van der Waals surface area contributed by atoms with Gasteiger partial charge in [0.2, 0.25) is 0 Å². The van der Waals surface area contributed by atoms with Crippen LogP contribution in [0.2, 0.25) is 0 Å². The van der Waals surface area contributed by atoms with Crippen LogP contribution in [0.3, 0.4) is 0 Å². The molecule has 0 spiro atoms. The zero-order valence-corrected chi connectivity index (χ0v) is 29.7. The number of ether oxygens (including phenoxy) is 5. The van der Waals surface area contributed by atoms with Crippen LogP contribution in [-0.2, 0) is 50.1 Å². The van der Waals surface area contributed by atoms with Gasteiger partial charge >= 0.3 is 0 Å².